The van der Waals surface area contributed by atoms with Crippen LogP contribution in [0.3, 0.4) is 0 Å². The SMILES string of the molecule is CCC(O)C(CC(O)C(C/C=C\C/C=C\CCCCCCC=O)[N+](=O)[O-])[N+](=O)[O-]. The van der Waals surface area contributed by atoms with Crippen LogP contribution in [0.1, 0.15) is 71.1 Å². The van der Waals surface area contributed by atoms with Crippen molar-refractivity contribution >= 4 is 6.29 Å². The molecule has 0 aliphatic carbocycles. The molecule has 0 bridgehead atoms. The maximum atomic E-state index is 11.2. The molecule has 0 heterocycles. The smallest absolute Gasteiger partial charge is 0.242 e. The van der Waals surface area contributed by atoms with E-state index < -0.39 is 40.6 Å². The molecule has 0 aromatic rings. The van der Waals surface area contributed by atoms with Crippen molar-refractivity contribution in [1.82, 2.24) is 0 Å². The fraction of sp³-hybridized carbons (Fsp3) is 0.750. The summed E-state index contributed by atoms with van der Waals surface area (Å²) < 4.78 is 0. The summed E-state index contributed by atoms with van der Waals surface area (Å²) in [5, 5.41) is 42.0. The highest BCUT2D eigenvalue weighted by Gasteiger charge is 2.38. The van der Waals surface area contributed by atoms with Crippen molar-refractivity contribution in [3.63, 3.8) is 0 Å². The zero-order valence-corrected chi connectivity index (χ0v) is 17.1. The van der Waals surface area contributed by atoms with Gasteiger partial charge in [-0.05, 0) is 32.1 Å². The maximum absolute atomic E-state index is 11.2. The summed E-state index contributed by atoms with van der Waals surface area (Å²) in [6, 6.07) is -2.78. The van der Waals surface area contributed by atoms with Gasteiger partial charge in [0, 0.05) is 22.7 Å². The highest BCUT2D eigenvalue weighted by molar-refractivity contribution is 5.48. The van der Waals surface area contributed by atoms with Gasteiger partial charge < -0.3 is 15.0 Å². The monoisotopic (exact) mass is 414 g/mol. The van der Waals surface area contributed by atoms with Crippen LogP contribution in [-0.4, -0.2) is 50.6 Å². The van der Waals surface area contributed by atoms with E-state index >= 15 is 0 Å². The van der Waals surface area contributed by atoms with E-state index in [0.29, 0.717) is 12.8 Å². The molecule has 0 rings (SSSR count). The van der Waals surface area contributed by atoms with E-state index in [9.17, 15) is 35.2 Å². The van der Waals surface area contributed by atoms with Gasteiger partial charge in [0.1, 0.15) is 18.5 Å². The number of hydrogen-bond acceptors (Lipinski definition) is 7. The molecule has 2 N–H and O–H groups in total. The molecule has 0 aliphatic rings. The van der Waals surface area contributed by atoms with Crippen molar-refractivity contribution in [3.8, 4) is 0 Å². The third-order valence-electron chi connectivity index (χ3n) is 4.76. The maximum Gasteiger partial charge on any atom is 0.242 e. The molecule has 0 saturated heterocycles. The van der Waals surface area contributed by atoms with E-state index in [0.717, 1.165) is 38.4 Å². The summed E-state index contributed by atoms with van der Waals surface area (Å²) in [5.74, 6) is 0. The molecule has 9 heteroatoms. The highest BCUT2D eigenvalue weighted by atomic mass is 16.6. The van der Waals surface area contributed by atoms with Gasteiger partial charge in [-0.2, -0.15) is 0 Å². The van der Waals surface area contributed by atoms with Crippen molar-refractivity contribution in [2.75, 3.05) is 0 Å². The van der Waals surface area contributed by atoms with Crippen molar-refractivity contribution < 1.29 is 24.9 Å². The lowest BCUT2D eigenvalue weighted by molar-refractivity contribution is -0.553. The Labute approximate surface area is 171 Å². The molecule has 166 valence electrons. The summed E-state index contributed by atoms with van der Waals surface area (Å²) in [7, 11) is 0. The Morgan fingerprint density at radius 2 is 1.41 bits per heavy atom. The number of carbonyl (C=O) groups is 1. The standard InChI is InChI=1S/C20H34N2O7/c1-2-19(24)18(22(28)29)16-20(25)17(21(26)27)14-12-10-8-6-4-3-5-7-9-11-13-15-23/h4,6,10,12,15,17-20,24-25H,2-3,5,7-9,11,13-14,16H2,1H3/b6-4-,12-10-. The van der Waals surface area contributed by atoms with Crippen molar-refractivity contribution in [1.29, 1.82) is 0 Å². The van der Waals surface area contributed by atoms with Crippen molar-refractivity contribution in [3.05, 3.63) is 44.5 Å². The van der Waals surface area contributed by atoms with E-state index in [1.54, 1.807) is 19.1 Å². The second kappa shape index (κ2) is 16.8. The Morgan fingerprint density at radius 3 is 1.97 bits per heavy atom. The Kier molecular flexibility index (Phi) is 15.6. The summed E-state index contributed by atoms with van der Waals surface area (Å²) in [5.41, 5.74) is 0. The lowest BCUT2D eigenvalue weighted by Gasteiger charge is -2.19. The number of rotatable bonds is 18. The Bertz CT molecular complexity index is 537. The molecule has 0 aliphatic heterocycles. The van der Waals surface area contributed by atoms with Crippen LogP contribution in [0.4, 0.5) is 0 Å². The molecule has 0 amide bonds. The number of nitrogens with zero attached hydrogens (tertiary/aromatic N) is 2. The van der Waals surface area contributed by atoms with E-state index in [2.05, 4.69) is 0 Å². The molecule has 0 spiro atoms. The molecule has 0 fully saturated rings. The van der Waals surface area contributed by atoms with Gasteiger partial charge in [-0.15, -0.1) is 0 Å². The number of aldehydes is 1. The first-order chi connectivity index (χ1) is 13.8. The molecule has 0 aromatic heterocycles. The molecule has 0 aromatic carbocycles. The van der Waals surface area contributed by atoms with Gasteiger partial charge in [0.15, 0.2) is 0 Å². The molecule has 4 unspecified atom stereocenters. The predicted octanol–water partition coefficient (Wildman–Crippen LogP) is 3.23. The number of aliphatic hydroxyl groups excluding tert-OH is 2. The first-order valence-electron chi connectivity index (χ1n) is 10.2. The second-order valence-corrected chi connectivity index (χ2v) is 7.06. The van der Waals surface area contributed by atoms with Crippen LogP contribution >= 0.6 is 0 Å². The predicted molar refractivity (Wildman–Crippen MR) is 110 cm³/mol. The zero-order chi connectivity index (χ0) is 22.1. The molecule has 29 heavy (non-hydrogen) atoms. The number of carbonyl (C=O) groups excluding carboxylic acids is 1. The summed E-state index contributed by atoms with van der Waals surface area (Å²) >= 11 is 0. The van der Waals surface area contributed by atoms with E-state index in [-0.39, 0.29) is 12.8 Å². The molecular formula is C20H34N2O7. The second-order valence-electron chi connectivity index (χ2n) is 7.06. The largest absolute Gasteiger partial charge is 0.386 e. The summed E-state index contributed by atoms with van der Waals surface area (Å²) in [6.45, 7) is 1.57. The molecule has 0 radical (unpaired) electrons. The van der Waals surface area contributed by atoms with Crippen LogP contribution in [0, 0.1) is 20.2 Å². The summed E-state index contributed by atoms with van der Waals surface area (Å²) in [6.07, 6.45) is 11.4. The highest BCUT2D eigenvalue weighted by Crippen LogP contribution is 2.16. The molecule has 0 saturated carbocycles. The first kappa shape index (κ1) is 26.9. The van der Waals surface area contributed by atoms with Crippen LogP contribution in [0.5, 0.6) is 0 Å². The molecular weight excluding hydrogens is 380 g/mol. The third-order valence-corrected chi connectivity index (χ3v) is 4.76. The Hall–Kier alpha value is -2.13. The Morgan fingerprint density at radius 1 is 0.828 bits per heavy atom. The third kappa shape index (κ3) is 12.8. The van der Waals surface area contributed by atoms with Crippen LogP contribution in [-0.2, 0) is 4.79 Å². The Balaban J connectivity index is 4.32. The van der Waals surface area contributed by atoms with Gasteiger partial charge >= 0.3 is 0 Å². The average molecular weight is 414 g/mol. The lowest BCUT2D eigenvalue weighted by atomic mass is 9.96. The summed E-state index contributed by atoms with van der Waals surface area (Å²) in [4.78, 5) is 31.1. The molecule has 4 atom stereocenters. The number of hydrogen-bond donors (Lipinski definition) is 2. The van der Waals surface area contributed by atoms with E-state index in [1.807, 2.05) is 12.2 Å². The van der Waals surface area contributed by atoms with Gasteiger partial charge in [0.25, 0.3) is 0 Å². The number of aliphatic hydroxyl groups is 2. The lowest BCUT2D eigenvalue weighted by Crippen LogP contribution is -2.42. The normalized spacial score (nSPS) is 16.0. The van der Waals surface area contributed by atoms with Gasteiger partial charge in [0.05, 0.1) is 6.42 Å². The van der Waals surface area contributed by atoms with Gasteiger partial charge in [-0.1, -0.05) is 44.1 Å². The minimum atomic E-state index is -1.51. The number of unbranched alkanes of at least 4 members (excludes halogenated alkanes) is 5. The van der Waals surface area contributed by atoms with E-state index in [1.165, 1.54) is 0 Å². The van der Waals surface area contributed by atoms with Crippen LogP contribution in [0.2, 0.25) is 0 Å². The van der Waals surface area contributed by atoms with Crippen molar-refractivity contribution in [2.45, 2.75) is 95.4 Å². The zero-order valence-electron chi connectivity index (χ0n) is 17.1. The first-order valence-corrected chi connectivity index (χ1v) is 10.2. The number of allylic oxidation sites excluding steroid dienone is 3. The minimum absolute atomic E-state index is 0.0363. The topological polar surface area (TPSA) is 144 Å². The van der Waals surface area contributed by atoms with Gasteiger partial charge in [0.2, 0.25) is 12.1 Å². The average Bonchev–Trinajstić information content (AvgIpc) is 2.68. The quantitative estimate of drug-likeness (QED) is 0.115. The fourth-order valence-corrected chi connectivity index (χ4v) is 2.91. The van der Waals surface area contributed by atoms with Crippen LogP contribution in [0.25, 0.3) is 0 Å². The minimum Gasteiger partial charge on any atom is -0.386 e. The van der Waals surface area contributed by atoms with Gasteiger partial charge in [-0.25, -0.2) is 0 Å². The molecule has 9 nitrogen and oxygen atoms in total. The van der Waals surface area contributed by atoms with Gasteiger partial charge in [-0.3, -0.25) is 20.2 Å². The van der Waals surface area contributed by atoms with E-state index in [4.69, 9.17) is 0 Å². The van der Waals surface area contributed by atoms with Crippen LogP contribution in [0.15, 0.2) is 24.3 Å². The van der Waals surface area contributed by atoms with Crippen molar-refractivity contribution in [2.24, 2.45) is 0 Å². The number of nitro groups is 2. The van der Waals surface area contributed by atoms with Crippen LogP contribution < -0.4 is 0 Å². The fourth-order valence-electron chi connectivity index (χ4n) is 2.91.